The zero-order chi connectivity index (χ0) is 14.7. The van der Waals surface area contributed by atoms with Gasteiger partial charge in [0.2, 0.25) is 0 Å². The highest BCUT2D eigenvalue weighted by molar-refractivity contribution is 6.30. The zero-order valence-electron chi connectivity index (χ0n) is 10.8. The van der Waals surface area contributed by atoms with E-state index < -0.39 is 5.82 Å². The van der Waals surface area contributed by atoms with Gasteiger partial charge in [-0.05, 0) is 30.7 Å². The van der Waals surface area contributed by atoms with Crippen LogP contribution in [0.2, 0.25) is 5.02 Å². The lowest BCUT2D eigenvalue weighted by Crippen LogP contribution is -2.24. The number of nitrogens with two attached hydrogens (primary N) is 1. The normalized spacial score (nSPS) is 10.3. The van der Waals surface area contributed by atoms with E-state index in [2.05, 4.69) is 10.3 Å². The summed E-state index contributed by atoms with van der Waals surface area (Å²) < 4.78 is 13.0. The molecule has 0 spiro atoms. The summed E-state index contributed by atoms with van der Waals surface area (Å²) in [6, 6.07) is 5.86. The molecule has 0 saturated heterocycles. The quantitative estimate of drug-likeness (QED) is 0.914. The van der Waals surface area contributed by atoms with E-state index in [1.165, 1.54) is 18.3 Å². The predicted octanol–water partition coefficient (Wildman–Crippen LogP) is 2.69. The molecular weight excluding hydrogens is 281 g/mol. The minimum Gasteiger partial charge on any atom is -0.397 e. The fourth-order valence-corrected chi connectivity index (χ4v) is 1.91. The number of pyridine rings is 1. The highest BCUT2D eigenvalue weighted by atomic mass is 35.5. The fourth-order valence-electron chi connectivity index (χ4n) is 1.71. The van der Waals surface area contributed by atoms with Gasteiger partial charge in [-0.25, -0.2) is 4.39 Å². The second kappa shape index (κ2) is 5.88. The van der Waals surface area contributed by atoms with Gasteiger partial charge in [-0.2, -0.15) is 0 Å². The van der Waals surface area contributed by atoms with Gasteiger partial charge in [0.1, 0.15) is 5.82 Å². The van der Waals surface area contributed by atoms with Gasteiger partial charge >= 0.3 is 0 Å². The van der Waals surface area contributed by atoms with E-state index in [1.807, 2.05) is 0 Å². The highest BCUT2D eigenvalue weighted by Crippen LogP contribution is 2.16. The molecule has 1 amide bonds. The van der Waals surface area contributed by atoms with E-state index in [0.29, 0.717) is 22.5 Å². The summed E-state index contributed by atoms with van der Waals surface area (Å²) in [4.78, 5) is 16.1. The molecule has 0 aliphatic carbocycles. The van der Waals surface area contributed by atoms with Gasteiger partial charge in [-0.1, -0.05) is 17.7 Å². The summed E-state index contributed by atoms with van der Waals surface area (Å²) >= 11 is 5.68. The number of nitrogen functional groups attached to an aromatic ring is 1. The molecule has 2 rings (SSSR count). The number of aromatic nitrogens is 1. The molecular formula is C14H13ClFN3O. The van der Waals surface area contributed by atoms with E-state index in [1.54, 1.807) is 19.1 Å². The number of carbonyl (C=O) groups is 1. The average molecular weight is 294 g/mol. The summed E-state index contributed by atoms with van der Waals surface area (Å²) in [7, 11) is 0. The minimum absolute atomic E-state index is 0.0264. The molecule has 0 aliphatic heterocycles. The number of hydrogen-bond acceptors (Lipinski definition) is 3. The number of aryl methyl sites for hydroxylation is 1. The topological polar surface area (TPSA) is 68.0 Å². The first-order valence-corrected chi connectivity index (χ1v) is 6.29. The second-order valence-corrected chi connectivity index (χ2v) is 4.74. The highest BCUT2D eigenvalue weighted by Gasteiger charge is 2.10. The number of benzene rings is 1. The van der Waals surface area contributed by atoms with Gasteiger partial charge < -0.3 is 11.1 Å². The Bertz CT molecular complexity index is 661. The van der Waals surface area contributed by atoms with Crippen LogP contribution in [-0.4, -0.2) is 10.9 Å². The largest absolute Gasteiger partial charge is 0.397 e. The van der Waals surface area contributed by atoms with Gasteiger partial charge in [0.05, 0.1) is 28.2 Å². The Morgan fingerprint density at radius 2 is 2.20 bits per heavy atom. The Morgan fingerprint density at radius 1 is 1.45 bits per heavy atom. The van der Waals surface area contributed by atoms with Crippen LogP contribution < -0.4 is 11.1 Å². The first-order valence-electron chi connectivity index (χ1n) is 5.91. The van der Waals surface area contributed by atoms with Crippen LogP contribution in [-0.2, 0) is 6.54 Å². The number of rotatable bonds is 3. The van der Waals surface area contributed by atoms with Gasteiger partial charge in [-0.3, -0.25) is 9.78 Å². The summed E-state index contributed by atoms with van der Waals surface area (Å²) in [5, 5.41) is 2.74. The predicted molar refractivity (Wildman–Crippen MR) is 76.0 cm³/mol. The van der Waals surface area contributed by atoms with E-state index in [4.69, 9.17) is 17.3 Å². The molecule has 0 atom stereocenters. The van der Waals surface area contributed by atoms with Crippen molar-refractivity contribution in [3.8, 4) is 0 Å². The summed E-state index contributed by atoms with van der Waals surface area (Å²) in [6.07, 6.45) is 1.49. The van der Waals surface area contributed by atoms with Crippen molar-refractivity contribution in [3.63, 3.8) is 0 Å². The van der Waals surface area contributed by atoms with Crippen LogP contribution in [0.25, 0.3) is 0 Å². The van der Waals surface area contributed by atoms with Crippen molar-refractivity contribution >= 4 is 23.2 Å². The molecule has 104 valence electrons. The molecule has 6 heteroatoms. The first kappa shape index (κ1) is 14.3. The summed E-state index contributed by atoms with van der Waals surface area (Å²) in [5.74, 6) is -0.777. The Morgan fingerprint density at radius 3 is 2.90 bits per heavy atom. The van der Waals surface area contributed by atoms with Crippen molar-refractivity contribution in [2.45, 2.75) is 13.5 Å². The Labute approximate surface area is 120 Å². The molecule has 0 aliphatic rings. The third-order valence-corrected chi connectivity index (χ3v) is 3.08. The Hall–Kier alpha value is -2.14. The minimum atomic E-state index is -0.488. The monoisotopic (exact) mass is 293 g/mol. The van der Waals surface area contributed by atoms with Crippen molar-refractivity contribution < 1.29 is 9.18 Å². The van der Waals surface area contributed by atoms with E-state index in [-0.39, 0.29) is 17.5 Å². The zero-order valence-corrected chi connectivity index (χ0v) is 11.5. The molecule has 0 unspecified atom stereocenters. The number of hydrogen-bond donors (Lipinski definition) is 2. The van der Waals surface area contributed by atoms with E-state index >= 15 is 0 Å². The molecule has 4 nitrogen and oxygen atoms in total. The fraction of sp³-hybridized carbons (Fsp3) is 0.143. The average Bonchev–Trinajstić information content (AvgIpc) is 2.42. The first-order chi connectivity index (χ1) is 9.47. The van der Waals surface area contributed by atoms with Crippen molar-refractivity contribution in [3.05, 3.63) is 58.1 Å². The van der Waals surface area contributed by atoms with Crippen molar-refractivity contribution in [1.82, 2.24) is 10.3 Å². The molecule has 2 aromatic rings. The molecule has 1 heterocycles. The van der Waals surface area contributed by atoms with Crippen LogP contribution >= 0.6 is 11.6 Å². The lowest BCUT2D eigenvalue weighted by atomic mass is 10.1. The molecule has 1 aromatic heterocycles. The number of halogens is 2. The van der Waals surface area contributed by atoms with Gasteiger partial charge in [0, 0.05) is 6.54 Å². The Kier molecular flexibility index (Phi) is 4.20. The van der Waals surface area contributed by atoms with E-state index in [9.17, 15) is 9.18 Å². The van der Waals surface area contributed by atoms with Crippen LogP contribution in [0, 0.1) is 12.7 Å². The molecule has 0 saturated carbocycles. The number of amides is 1. The third-order valence-electron chi connectivity index (χ3n) is 2.79. The molecule has 0 radical (unpaired) electrons. The second-order valence-electron chi connectivity index (χ2n) is 4.33. The lowest BCUT2D eigenvalue weighted by Gasteiger charge is -2.08. The maximum atomic E-state index is 13.0. The lowest BCUT2D eigenvalue weighted by molar-refractivity contribution is 0.0950. The molecule has 0 fully saturated rings. The van der Waals surface area contributed by atoms with Crippen LogP contribution in [0.15, 0.2) is 30.5 Å². The van der Waals surface area contributed by atoms with Crippen LogP contribution in [0.1, 0.15) is 21.6 Å². The number of nitrogens with zero attached hydrogens (tertiary/aromatic N) is 1. The standard InChI is InChI=1S/C14H13ClFN3O/c1-8-11(5-10(17)7-18-8)14(20)19-6-9-2-3-13(16)12(15)4-9/h2-5,7H,6,17H2,1H3,(H,19,20). The molecule has 20 heavy (non-hydrogen) atoms. The van der Waals surface area contributed by atoms with Gasteiger partial charge in [-0.15, -0.1) is 0 Å². The van der Waals surface area contributed by atoms with Crippen molar-refractivity contribution in [2.24, 2.45) is 0 Å². The van der Waals surface area contributed by atoms with Crippen molar-refractivity contribution in [2.75, 3.05) is 5.73 Å². The van der Waals surface area contributed by atoms with Crippen LogP contribution in [0.3, 0.4) is 0 Å². The summed E-state index contributed by atoms with van der Waals surface area (Å²) in [5.41, 5.74) is 7.74. The molecule has 1 aromatic carbocycles. The van der Waals surface area contributed by atoms with E-state index in [0.717, 1.165) is 0 Å². The number of nitrogens with one attached hydrogen (secondary N) is 1. The summed E-state index contributed by atoms with van der Waals surface area (Å²) in [6.45, 7) is 1.97. The molecule has 0 bridgehead atoms. The van der Waals surface area contributed by atoms with Crippen LogP contribution in [0.4, 0.5) is 10.1 Å². The van der Waals surface area contributed by atoms with Crippen molar-refractivity contribution in [1.29, 1.82) is 0 Å². The maximum Gasteiger partial charge on any atom is 0.253 e. The third kappa shape index (κ3) is 3.24. The molecule has 3 N–H and O–H groups in total. The number of anilines is 1. The SMILES string of the molecule is Cc1ncc(N)cc1C(=O)NCc1ccc(F)c(Cl)c1. The Balaban J connectivity index is 2.08. The van der Waals surface area contributed by atoms with Gasteiger partial charge in [0.15, 0.2) is 0 Å². The maximum absolute atomic E-state index is 13.0. The smallest absolute Gasteiger partial charge is 0.253 e. The van der Waals surface area contributed by atoms with Crippen LogP contribution in [0.5, 0.6) is 0 Å². The van der Waals surface area contributed by atoms with Gasteiger partial charge in [0.25, 0.3) is 5.91 Å². The number of carbonyl (C=O) groups excluding carboxylic acids is 1.